The smallest absolute Gasteiger partial charge is 0.274 e. The van der Waals surface area contributed by atoms with Gasteiger partial charge in [-0.15, -0.1) is 5.10 Å². The fourth-order valence-corrected chi connectivity index (χ4v) is 4.25. The van der Waals surface area contributed by atoms with E-state index in [0.29, 0.717) is 10.7 Å². The van der Waals surface area contributed by atoms with E-state index in [9.17, 15) is 9.59 Å². The molecule has 0 atom stereocenters. The van der Waals surface area contributed by atoms with Gasteiger partial charge in [0.05, 0.1) is 7.11 Å². The van der Waals surface area contributed by atoms with Gasteiger partial charge in [0.1, 0.15) is 11.4 Å². The number of hydrogen-bond donors (Lipinski definition) is 1. The van der Waals surface area contributed by atoms with E-state index in [-0.39, 0.29) is 18.1 Å². The Balaban J connectivity index is 1.60. The second kappa shape index (κ2) is 7.97. The van der Waals surface area contributed by atoms with Gasteiger partial charge in [0, 0.05) is 31.3 Å². The largest absolute Gasteiger partial charge is 0.496 e. The Hall–Kier alpha value is -2.94. The molecule has 3 aromatic rings. The molecule has 1 N–H and O–H groups in total. The molecule has 4 rings (SSSR count). The number of ether oxygens (including phenoxy) is 1. The van der Waals surface area contributed by atoms with Gasteiger partial charge in [0.15, 0.2) is 0 Å². The number of nitrogens with zero attached hydrogens (tertiary/aromatic N) is 4. The van der Waals surface area contributed by atoms with Crippen molar-refractivity contribution >= 4 is 27.3 Å². The highest BCUT2D eigenvalue weighted by molar-refractivity contribution is 7.20. The van der Waals surface area contributed by atoms with Gasteiger partial charge in [0.2, 0.25) is 10.1 Å². The lowest BCUT2D eigenvalue weighted by Crippen LogP contribution is -2.30. The van der Waals surface area contributed by atoms with Gasteiger partial charge in [-0.05, 0) is 25.3 Å². The molecule has 1 aromatic carbocycles. The Bertz CT molecular complexity index is 1060. The fraction of sp³-hybridized carbons (Fsp3) is 0.368. The lowest BCUT2D eigenvalue weighted by atomic mass is 10.1. The van der Waals surface area contributed by atoms with Crippen LogP contribution in [0.25, 0.3) is 4.96 Å². The number of anilines is 1. The van der Waals surface area contributed by atoms with Crippen molar-refractivity contribution in [1.29, 1.82) is 0 Å². The fourth-order valence-electron chi connectivity index (χ4n) is 3.30. The molecule has 8 nitrogen and oxygen atoms in total. The van der Waals surface area contributed by atoms with Crippen LogP contribution in [0, 0.1) is 0 Å². The number of aromatic nitrogens is 3. The standard InChI is InChI=1S/C19H21N5O3S/c1-27-15-8-4-3-7-13(15)12-20-17(26)14-11-16(25)21-18-24(14)22-19(28-18)23-9-5-2-6-10-23/h3-4,7-8,11H,2,5-6,9-10,12H2,1H3,(H,20,26). The van der Waals surface area contributed by atoms with Crippen LogP contribution in [0.4, 0.5) is 5.13 Å². The number of carbonyl (C=O) groups is 1. The summed E-state index contributed by atoms with van der Waals surface area (Å²) >= 11 is 1.34. The van der Waals surface area contributed by atoms with Crippen molar-refractivity contribution in [2.75, 3.05) is 25.1 Å². The molecule has 0 radical (unpaired) electrons. The zero-order chi connectivity index (χ0) is 19.5. The van der Waals surface area contributed by atoms with Crippen LogP contribution in [-0.4, -0.2) is 40.7 Å². The van der Waals surface area contributed by atoms with E-state index in [2.05, 4.69) is 20.3 Å². The maximum absolute atomic E-state index is 12.8. The molecular formula is C19H21N5O3S. The number of benzene rings is 1. The van der Waals surface area contributed by atoms with Crippen LogP contribution in [-0.2, 0) is 6.54 Å². The topological polar surface area (TPSA) is 88.8 Å². The zero-order valence-electron chi connectivity index (χ0n) is 15.6. The third-order valence-corrected chi connectivity index (χ3v) is 5.70. The molecule has 0 spiro atoms. The van der Waals surface area contributed by atoms with Crippen molar-refractivity contribution in [3.05, 3.63) is 51.9 Å². The number of para-hydroxylation sites is 1. The molecule has 1 amide bonds. The summed E-state index contributed by atoms with van der Waals surface area (Å²) in [6.07, 6.45) is 3.45. The average Bonchev–Trinajstić information content (AvgIpc) is 3.16. The SMILES string of the molecule is COc1ccccc1CNC(=O)c1cc(=O)nc2sc(N3CCCCC3)nn12. The summed E-state index contributed by atoms with van der Waals surface area (Å²) in [6.45, 7) is 2.14. The van der Waals surface area contributed by atoms with Gasteiger partial charge in [-0.25, -0.2) is 0 Å². The predicted octanol–water partition coefficient (Wildman–Crippen LogP) is 2.08. The maximum atomic E-state index is 12.8. The highest BCUT2D eigenvalue weighted by atomic mass is 32.1. The van der Waals surface area contributed by atoms with Gasteiger partial charge in [-0.2, -0.15) is 9.50 Å². The van der Waals surface area contributed by atoms with E-state index in [1.165, 1.54) is 28.3 Å². The first-order valence-electron chi connectivity index (χ1n) is 9.21. The molecule has 1 aliphatic rings. The highest BCUT2D eigenvalue weighted by Gasteiger charge is 2.20. The summed E-state index contributed by atoms with van der Waals surface area (Å²) in [4.78, 5) is 31.4. The van der Waals surface area contributed by atoms with Crippen molar-refractivity contribution in [3.8, 4) is 5.75 Å². The number of methoxy groups -OCH3 is 1. The number of amides is 1. The lowest BCUT2D eigenvalue weighted by molar-refractivity contribution is 0.0943. The van der Waals surface area contributed by atoms with Crippen LogP contribution in [0.1, 0.15) is 35.3 Å². The molecule has 9 heteroatoms. The monoisotopic (exact) mass is 399 g/mol. The summed E-state index contributed by atoms with van der Waals surface area (Å²) in [5.74, 6) is 0.316. The van der Waals surface area contributed by atoms with E-state index < -0.39 is 5.56 Å². The van der Waals surface area contributed by atoms with E-state index in [1.54, 1.807) is 7.11 Å². The quantitative estimate of drug-likeness (QED) is 0.707. The number of nitrogens with one attached hydrogen (secondary N) is 1. The third-order valence-electron chi connectivity index (χ3n) is 4.73. The molecule has 1 aliphatic heterocycles. The van der Waals surface area contributed by atoms with Gasteiger partial charge in [0.25, 0.3) is 11.5 Å². The zero-order valence-corrected chi connectivity index (χ0v) is 16.4. The van der Waals surface area contributed by atoms with Crippen molar-refractivity contribution < 1.29 is 9.53 Å². The van der Waals surface area contributed by atoms with Gasteiger partial charge < -0.3 is 15.0 Å². The molecule has 0 saturated carbocycles. The number of piperidine rings is 1. The van der Waals surface area contributed by atoms with Crippen LogP contribution in [0.2, 0.25) is 0 Å². The Morgan fingerprint density at radius 2 is 2.04 bits per heavy atom. The molecule has 146 valence electrons. The van der Waals surface area contributed by atoms with E-state index in [4.69, 9.17) is 4.74 Å². The minimum absolute atomic E-state index is 0.185. The summed E-state index contributed by atoms with van der Waals surface area (Å²) in [5, 5.41) is 8.19. The molecular weight excluding hydrogens is 378 g/mol. The molecule has 1 saturated heterocycles. The summed E-state index contributed by atoms with van der Waals surface area (Å²) < 4.78 is 6.78. The molecule has 0 unspecified atom stereocenters. The van der Waals surface area contributed by atoms with Crippen LogP contribution in [0.3, 0.4) is 0 Å². The molecule has 28 heavy (non-hydrogen) atoms. The number of hydrogen-bond acceptors (Lipinski definition) is 7. The molecule has 0 aliphatic carbocycles. The maximum Gasteiger partial charge on any atom is 0.274 e. The van der Waals surface area contributed by atoms with Crippen molar-refractivity contribution in [2.45, 2.75) is 25.8 Å². The summed E-state index contributed by atoms with van der Waals surface area (Å²) in [6, 6.07) is 8.69. The molecule has 0 bridgehead atoms. The van der Waals surface area contributed by atoms with Crippen LogP contribution < -0.4 is 20.5 Å². The highest BCUT2D eigenvalue weighted by Crippen LogP contribution is 2.25. The molecule has 3 heterocycles. The van der Waals surface area contributed by atoms with Gasteiger partial charge >= 0.3 is 0 Å². The minimum atomic E-state index is -0.448. The first-order valence-corrected chi connectivity index (χ1v) is 10.0. The third kappa shape index (κ3) is 3.70. The first-order chi connectivity index (χ1) is 13.7. The van der Waals surface area contributed by atoms with Crippen LogP contribution >= 0.6 is 11.3 Å². The van der Waals surface area contributed by atoms with Crippen LogP contribution in [0.15, 0.2) is 35.1 Å². The second-order valence-corrected chi connectivity index (χ2v) is 7.54. The Morgan fingerprint density at radius 1 is 1.25 bits per heavy atom. The number of carbonyl (C=O) groups excluding carboxylic acids is 1. The Kier molecular flexibility index (Phi) is 5.25. The summed E-state index contributed by atoms with van der Waals surface area (Å²) in [7, 11) is 1.59. The van der Waals surface area contributed by atoms with Crippen molar-refractivity contribution in [3.63, 3.8) is 0 Å². The van der Waals surface area contributed by atoms with Crippen LogP contribution in [0.5, 0.6) is 5.75 Å². The molecule has 1 fully saturated rings. The van der Waals surface area contributed by atoms with E-state index >= 15 is 0 Å². The molecule has 2 aromatic heterocycles. The van der Waals surface area contributed by atoms with E-state index in [1.807, 2.05) is 24.3 Å². The normalized spacial score (nSPS) is 14.2. The predicted molar refractivity (Wildman–Crippen MR) is 107 cm³/mol. The Morgan fingerprint density at radius 3 is 2.82 bits per heavy atom. The van der Waals surface area contributed by atoms with Gasteiger partial charge in [-0.3, -0.25) is 9.59 Å². The van der Waals surface area contributed by atoms with E-state index in [0.717, 1.165) is 36.6 Å². The first kappa shape index (κ1) is 18.4. The Labute approximate surface area is 165 Å². The number of rotatable bonds is 5. The second-order valence-electron chi connectivity index (χ2n) is 6.60. The van der Waals surface area contributed by atoms with Crippen molar-refractivity contribution in [1.82, 2.24) is 19.9 Å². The van der Waals surface area contributed by atoms with Gasteiger partial charge in [-0.1, -0.05) is 29.5 Å². The average molecular weight is 399 g/mol. The number of fused-ring (bicyclic) bond motifs is 1. The minimum Gasteiger partial charge on any atom is -0.496 e. The summed E-state index contributed by atoms with van der Waals surface area (Å²) in [5.41, 5.74) is 0.587. The lowest BCUT2D eigenvalue weighted by Gasteiger charge is -2.25. The van der Waals surface area contributed by atoms with Crippen molar-refractivity contribution in [2.24, 2.45) is 0 Å².